The van der Waals surface area contributed by atoms with Gasteiger partial charge < -0.3 is 9.47 Å². The molecule has 136 valence electrons. The SMILES string of the molecule is COc1ccc(Cl)cc1S(=O)(=O)NCCOc1cccc2ccccc12. The van der Waals surface area contributed by atoms with Gasteiger partial charge in [0.15, 0.2) is 0 Å². The summed E-state index contributed by atoms with van der Waals surface area (Å²) >= 11 is 5.90. The van der Waals surface area contributed by atoms with Crippen LogP contribution >= 0.6 is 11.6 Å². The van der Waals surface area contributed by atoms with E-state index >= 15 is 0 Å². The predicted octanol–water partition coefficient (Wildman–Crippen LogP) is 3.86. The van der Waals surface area contributed by atoms with Crippen LogP contribution in [0.5, 0.6) is 11.5 Å². The molecule has 0 amide bonds. The summed E-state index contributed by atoms with van der Waals surface area (Å²) in [4.78, 5) is -0.00217. The quantitative estimate of drug-likeness (QED) is 0.621. The van der Waals surface area contributed by atoms with Gasteiger partial charge in [0.25, 0.3) is 0 Å². The van der Waals surface area contributed by atoms with E-state index in [9.17, 15) is 8.42 Å². The topological polar surface area (TPSA) is 64.6 Å². The number of halogens is 1. The van der Waals surface area contributed by atoms with E-state index in [-0.39, 0.29) is 23.8 Å². The first-order chi connectivity index (χ1) is 12.5. The molecule has 1 N–H and O–H groups in total. The second-order valence-corrected chi connectivity index (χ2v) is 7.69. The first-order valence-corrected chi connectivity index (χ1v) is 9.81. The minimum Gasteiger partial charge on any atom is -0.495 e. The summed E-state index contributed by atoms with van der Waals surface area (Å²) in [5.41, 5.74) is 0. The van der Waals surface area contributed by atoms with E-state index in [1.807, 2.05) is 42.5 Å². The number of ether oxygens (including phenoxy) is 2. The average molecular weight is 392 g/mol. The molecule has 3 aromatic carbocycles. The van der Waals surface area contributed by atoms with Crippen molar-refractivity contribution in [2.45, 2.75) is 4.90 Å². The summed E-state index contributed by atoms with van der Waals surface area (Å²) in [7, 11) is -2.35. The van der Waals surface area contributed by atoms with Crippen LogP contribution in [-0.4, -0.2) is 28.7 Å². The Labute approximate surface area is 157 Å². The second-order valence-electron chi connectivity index (χ2n) is 5.52. The van der Waals surface area contributed by atoms with Gasteiger partial charge in [-0.25, -0.2) is 13.1 Å². The Morgan fingerprint density at radius 1 is 1.00 bits per heavy atom. The molecule has 0 atom stereocenters. The van der Waals surface area contributed by atoms with Gasteiger partial charge in [0.1, 0.15) is 23.0 Å². The molecule has 0 saturated heterocycles. The van der Waals surface area contributed by atoms with Gasteiger partial charge in [0.2, 0.25) is 10.0 Å². The summed E-state index contributed by atoms with van der Waals surface area (Å²) in [6.07, 6.45) is 0. The number of hydrogen-bond donors (Lipinski definition) is 1. The Morgan fingerprint density at radius 3 is 2.58 bits per heavy atom. The molecule has 7 heteroatoms. The van der Waals surface area contributed by atoms with E-state index in [1.54, 1.807) is 6.07 Å². The Morgan fingerprint density at radius 2 is 1.77 bits per heavy atom. The van der Waals surface area contributed by atoms with Gasteiger partial charge in [-0.2, -0.15) is 0 Å². The van der Waals surface area contributed by atoms with Gasteiger partial charge in [-0.05, 0) is 29.7 Å². The molecule has 3 rings (SSSR count). The highest BCUT2D eigenvalue weighted by atomic mass is 35.5. The molecule has 0 aliphatic heterocycles. The van der Waals surface area contributed by atoms with Crippen LogP contribution < -0.4 is 14.2 Å². The third-order valence-electron chi connectivity index (χ3n) is 3.82. The van der Waals surface area contributed by atoms with Crippen LogP contribution in [0.3, 0.4) is 0 Å². The molecule has 0 bridgehead atoms. The summed E-state index contributed by atoms with van der Waals surface area (Å²) in [5, 5.41) is 2.36. The maximum atomic E-state index is 12.5. The molecule has 0 saturated carbocycles. The summed E-state index contributed by atoms with van der Waals surface area (Å²) in [6, 6.07) is 18.1. The summed E-state index contributed by atoms with van der Waals surface area (Å²) < 4.78 is 38.3. The molecular formula is C19H18ClNO4S. The van der Waals surface area contributed by atoms with E-state index in [0.29, 0.717) is 10.8 Å². The van der Waals surface area contributed by atoms with E-state index in [1.165, 1.54) is 19.2 Å². The van der Waals surface area contributed by atoms with Crippen molar-refractivity contribution in [3.05, 3.63) is 65.7 Å². The van der Waals surface area contributed by atoms with Crippen molar-refractivity contribution in [1.29, 1.82) is 0 Å². The molecule has 0 heterocycles. The van der Waals surface area contributed by atoms with Crippen molar-refractivity contribution in [3.8, 4) is 11.5 Å². The molecule has 0 radical (unpaired) electrons. The zero-order valence-corrected chi connectivity index (χ0v) is 15.7. The lowest BCUT2D eigenvalue weighted by Crippen LogP contribution is -2.28. The minimum atomic E-state index is -3.76. The maximum absolute atomic E-state index is 12.5. The van der Waals surface area contributed by atoms with Gasteiger partial charge in [-0.15, -0.1) is 0 Å². The molecule has 0 aliphatic carbocycles. The van der Waals surface area contributed by atoms with Crippen LogP contribution in [0, 0.1) is 0 Å². The van der Waals surface area contributed by atoms with Crippen LogP contribution in [0.15, 0.2) is 65.6 Å². The van der Waals surface area contributed by atoms with Crippen molar-refractivity contribution < 1.29 is 17.9 Å². The van der Waals surface area contributed by atoms with E-state index in [2.05, 4.69) is 4.72 Å². The largest absolute Gasteiger partial charge is 0.495 e. The fourth-order valence-electron chi connectivity index (χ4n) is 2.60. The fraction of sp³-hybridized carbons (Fsp3) is 0.158. The lowest BCUT2D eigenvalue weighted by atomic mass is 10.1. The van der Waals surface area contributed by atoms with E-state index in [0.717, 1.165) is 10.8 Å². The van der Waals surface area contributed by atoms with Crippen LogP contribution in [0.1, 0.15) is 0 Å². The van der Waals surface area contributed by atoms with Crippen LogP contribution in [0.4, 0.5) is 0 Å². The van der Waals surface area contributed by atoms with Gasteiger partial charge in [-0.3, -0.25) is 0 Å². The Balaban J connectivity index is 1.67. The number of nitrogens with one attached hydrogen (secondary N) is 1. The predicted molar refractivity (Wildman–Crippen MR) is 103 cm³/mol. The van der Waals surface area contributed by atoms with Crippen LogP contribution in [0.25, 0.3) is 10.8 Å². The van der Waals surface area contributed by atoms with Gasteiger partial charge in [-0.1, -0.05) is 48.0 Å². The second kappa shape index (κ2) is 7.95. The third-order valence-corrected chi connectivity index (χ3v) is 5.53. The van der Waals surface area contributed by atoms with Crippen molar-refractivity contribution in [3.63, 3.8) is 0 Å². The molecular weight excluding hydrogens is 374 g/mol. The molecule has 3 aromatic rings. The third kappa shape index (κ3) is 4.09. The Bertz CT molecular complexity index is 1020. The number of sulfonamides is 1. The average Bonchev–Trinajstić information content (AvgIpc) is 2.65. The molecule has 0 aromatic heterocycles. The lowest BCUT2D eigenvalue weighted by molar-refractivity contribution is 0.326. The van der Waals surface area contributed by atoms with Crippen molar-refractivity contribution in [1.82, 2.24) is 4.72 Å². The molecule has 26 heavy (non-hydrogen) atoms. The number of rotatable bonds is 7. The highest BCUT2D eigenvalue weighted by Gasteiger charge is 2.19. The number of hydrogen-bond acceptors (Lipinski definition) is 4. The Hall–Kier alpha value is -2.28. The first kappa shape index (κ1) is 18.5. The number of benzene rings is 3. The maximum Gasteiger partial charge on any atom is 0.244 e. The van der Waals surface area contributed by atoms with Crippen molar-refractivity contribution >= 4 is 32.4 Å². The molecule has 5 nitrogen and oxygen atoms in total. The highest BCUT2D eigenvalue weighted by molar-refractivity contribution is 7.89. The van der Waals surface area contributed by atoms with Crippen LogP contribution in [0.2, 0.25) is 5.02 Å². The first-order valence-electron chi connectivity index (χ1n) is 7.95. The standard InChI is InChI=1S/C19H18ClNO4S/c1-24-18-10-9-15(20)13-19(18)26(22,23)21-11-12-25-17-8-4-6-14-5-2-3-7-16(14)17/h2-10,13,21H,11-12H2,1H3. The van der Waals surface area contributed by atoms with E-state index < -0.39 is 10.0 Å². The van der Waals surface area contributed by atoms with Crippen LogP contribution in [-0.2, 0) is 10.0 Å². The Kier molecular flexibility index (Phi) is 5.66. The van der Waals surface area contributed by atoms with Crippen molar-refractivity contribution in [2.24, 2.45) is 0 Å². The summed E-state index contributed by atoms with van der Waals surface area (Å²) in [5.74, 6) is 0.944. The fourth-order valence-corrected chi connectivity index (χ4v) is 4.04. The van der Waals surface area contributed by atoms with E-state index in [4.69, 9.17) is 21.1 Å². The zero-order chi connectivity index (χ0) is 18.6. The van der Waals surface area contributed by atoms with Gasteiger partial charge in [0.05, 0.1) is 7.11 Å². The number of fused-ring (bicyclic) bond motifs is 1. The monoisotopic (exact) mass is 391 g/mol. The lowest BCUT2D eigenvalue weighted by Gasteiger charge is -2.12. The number of methoxy groups -OCH3 is 1. The van der Waals surface area contributed by atoms with Gasteiger partial charge in [0, 0.05) is 17.0 Å². The smallest absolute Gasteiger partial charge is 0.244 e. The van der Waals surface area contributed by atoms with Gasteiger partial charge >= 0.3 is 0 Å². The normalized spacial score (nSPS) is 11.5. The molecule has 0 spiro atoms. The highest BCUT2D eigenvalue weighted by Crippen LogP contribution is 2.27. The zero-order valence-electron chi connectivity index (χ0n) is 14.1. The molecule has 0 aliphatic rings. The molecule has 0 unspecified atom stereocenters. The summed E-state index contributed by atoms with van der Waals surface area (Å²) in [6.45, 7) is 0.303. The van der Waals surface area contributed by atoms with Crippen molar-refractivity contribution in [2.75, 3.05) is 20.3 Å². The minimum absolute atomic E-state index is 0.00217. The molecule has 0 fully saturated rings.